The van der Waals surface area contributed by atoms with Crippen molar-refractivity contribution in [2.24, 2.45) is 9.98 Å². The predicted molar refractivity (Wildman–Crippen MR) is 86.2 cm³/mol. The van der Waals surface area contributed by atoms with E-state index in [0.29, 0.717) is 0 Å². The van der Waals surface area contributed by atoms with E-state index >= 15 is 0 Å². The Balaban J connectivity index is 1.92. The van der Waals surface area contributed by atoms with Crippen molar-refractivity contribution in [2.45, 2.75) is 5.00 Å². The first kappa shape index (κ1) is 13.6. The summed E-state index contributed by atoms with van der Waals surface area (Å²) in [6, 6.07) is 15.5. The maximum Gasteiger partial charge on any atom is 0.219 e. The van der Waals surface area contributed by atoms with Gasteiger partial charge in [0, 0.05) is 10.6 Å². The molecule has 0 saturated heterocycles. The first-order valence-corrected chi connectivity index (χ1v) is 7.06. The maximum absolute atomic E-state index is 6.37. The lowest BCUT2D eigenvalue weighted by molar-refractivity contribution is 0.905. The number of halogens is 3. The summed E-state index contributed by atoms with van der Waals surface area (Å²) >= 11 is 18.0. The smallest absolute Gasteiger partial charge is 0.219 e. The van der Waals surface area contributed by atoms with Gasteiger partial charge in [0.2, 0.25) is 5.29 Å². The van der Waals surface area contributed by atoms with Crippen LogP contribution in [-0.4, -0.2) is 11.5 Å². The zero-order valence-electron chi connectivity index (χ0n) is 10.2. The minimum absolute atomic E-state index is 0.168. The minimum atomic E-state index is -0.990. The monoisotopic (exact) mass is 322 g/mol. The van der Waals surface area contributed by atoms with E-state index in [1.165, 1.54) is 6.21 Å². The van der Waals surface area contributed by atoms with Gasteiger partial charge in [0.15, 0.2) is 5.00 Å². The molecule has 20 heavy (non-hydrogen) atoms. The molecule has 3 rings (SSSR count). The molecule has 0 fully saturated rings. The van der Waals surface area contributed by atoms with Crippen molar-refractivity contribution in [3.05, 3.63) is 59.1 Å². The van der Waals surface area contributed by atoms with Crippen LogP contribution in [0.3, 0.4) is 0 Å². The Kier molecular flexibility index (Phi) is 3.55. The van der Waals surface area contributed by atoms with Gasteiger partial charge < -0.3 is 0 Å². The first-order valence-electron chi connectivity index (χ1n) is 5.93. The summed E-state index contributed by atoms with van der Waals surface area (Å²) in [5.41, 5.74) is 3.00. The van der Waals surface area contributed by atoms with E-state index in [9.17, 15) is 0 Å². The zero-order valence-corrected chi connectivity index (χ0v) is 12.5. The van der Waals surface area contributed by atoms with E-state index in [4.69, 9.17) is 34.8 Å². The van der Waals surface area contributed by atoms with Crippen molar-refractivity contribution in [1.29, 1.82) is 0 Å². The zero-order chi connectivity index (χ0) is 14.2. The molecule has 0 aromatic heterocycles. The molecule has 1 aliphatic heterocycles. The highest BCUT2D eigenvalue weighted by Gasteiger charge is 2.30. The van der Waals surface area contributed by atoms with Gasteiger partial charge in [-0.05, 0) is 34.9 Å². The second kappa shape index (κ2) is 5.21. The average Bonchev–Trinajstić information content (AvgIpc) is 2.81. The second-order valence-corrected chi connectivity index (χ2v) is 5.75. The lowest BCUT2D eigenvalue weighted by Crippen LogP contribution is -2.14. The van der Waals surface area contributed by atoms with Gasteiger partial charge in [-0.1, -0.05) is 59.6 Å². The maximum atomic E-state index is 6.37. The number of hydrogen-bond acceptors (Lipinski definition) is 2. The minimum Gasteiger partial charge on any atom is -0.227 e. The standard InChI is InChI=1S/C15H9Cl3N2/c16-13-7-3-11(4-8-13)10-1-5-12(6-2-10)15(18)9-19-14(17)20-15/h1-9H. The lowest BCUT2D eigenvalue weighted by Gasteiger charge is -2.15. The molecule has 2 aromatic carbocycles. The molecule has 0 spiro atoms. The van der Waals surface area contributed by atoms with E-state index in [1.54, 1.807) is 0 Å². The topological polar surface area (TPSA) is 24.7 Å². The van der Waals surface area contributed by atoms with Gasteiger partial charge in [0.25, 0.3) is 0 Å². The number of rotatable bonds is 2. The summed E-state index contributed by atoms with van der Waals surface area (Å²) in [6.45, 7) is 0. The Labute approximate surface area is 131 Å². The van der Waals surface area contributed by atoms with Gasteiger partial charge in [0.05, 0.1) is 6.21 Å². The summed E-state index contributed by atoms with van der Waals surface area (Å²) in [7, 11) is 0. The van der Waals surface area contributed by atoms with Crippen molar-refractivity contribution in [1.82, 2.24) is 0 Å². The highest BCUT2D eigenvalue weighted by Crippen LogP contribution is 2.34. The van der Waals surface area contributed by atoms with Crippen LogP contribution in [0, 0.1) is 0 Å². The fourth-order valence-corrected chi connectivity index (χ4v) is 2.61. The molecule has 0 amide bonds. The molecule has 0 bridgehead atoms. The van der Waals surface area contributed by atoms with Gasteiger partial charge in [-0.15, -0.1) is 0 Å². The van der Waals surface area contributed by atoms with Gasteiger partial charge >= 0.3 is 0 Å². The normalized spacial score (nSPS) is 21.1. The van der Waals surface area contributed by atoms with Gasteiger partial charge in [-0.2, -0.15) is 0 Å². The van der Waals surface area contributed by atoms with Crippen LogP contribution in [0.2, 0.25) is 5.02 Å². The van der Waals surface area contributed by atoms with E-state index in [0.717, 1.165) is 21.7 Å². The number of hydrogen-bond donors (Lipinski definition) is 0. The van der Waals surface area contributed by atoms with Crippen LogP contribution in [0.25, 0.3) is 11.1 Å². The van der Waals surface area contributed by atoms with E-state index in [2.05, 4.69) is 9.98 Å². The van der Waals surface area contributed by atoms with Crippen LogP contribution < -0.4 is 0 Å². The van der Waals surface area contributed by atoms with Crippen LogP contribution in [0.4, 0.5) is 0 Å². The highest BCUT2D eigenvalue weighted by molar-refractivity contribution is 6.66. The molecular weight excluding hydrogens is 315 g/mol. The predicted octanol–water partition coefficient (Wildman–Crippen LogP) is 5.08. The van der Waals surface area contributed by atoms with Crippen LogP contribution in [-0.2, 0) is 5.00 Å². The molecule has 0 radical (unpaired) electrons. The number of nitrogens with zero attached hydrogens (tertiary/aromatic N) is 2. The molecule has 0 aliphatic carbocycles. The molecule has 1 aliphatic rings. The van der Waals surface area contributed by atoms with Gasteiger partial charge in [-0.3, -0.25) is 0 Å². The van der Waals surface area contributed by atoms with E-state index in [1.807, 2.05) is 48.5 Å². The third-order valence-corrected chi connectivity index (χ3v) is 3.90. The largest absolute Gasteiger partial charge is 0.227 e. The van der Waals surface area contributed by atoms with Crippen LogP contribution in [0.5, 0.6) is 0 Å². The first-order chi connectivity index (χ1) is 9.57. The number of amidine groups is 1. The van der Waals surface area contributed by atoms with E-state index < -0.39 is 5.00 Å². The van der Waals surface area contributed by atoms with E-state index in [-0.39, 0.29) is 5.29 Å². The third kappa shape index (κ3) is 2.59. The van der Waals surface area contributed by atoms with Gasteiger partial charge in [-0.25, -0.2) is 9.98 Å². The van der Waals surface area contributed by atoms with Crippen LogP contribution in [0.1, 0.15) is 5.56 Å². The third-order valence-electron chi connectivity index (χ3n) is 3.06. The van der Waals surface area contributed by atoms with Crippen molar-refractivity contribution in [3.63, 3.8) is 0 Å². The second-order valence-electron chi connectivity index (χ2n) is 4.40. The molecule has 1 atom stereocenters. The molecule has 0 N–H and O–H groups in total. The summed E-state index contributed by atoms with van der Waals surface area (Å²) in [4.78, 5) is 7.02. The average molecular weight is 324 g/mol. The van der Waals surface area contributed by atoms with Crippen molar-refractivity contribution in [3.8, 4) is 11.1 Å². The molecule has 100 valence electrons. The highest BCUT2D eigenvalue weighted by atomic mass is 35.5. The molecule has 1 heterocycles. The van der Waals surface area contributed by atoms with Crippen molar-refractivity contribution < 1.29 is 0 Å². The number of alkyl halides is 1. The lowest BCUT2D eigenvalue weighted by atomic mass is 10.0. The SMILES string of the molecule is ClC1=NC(Cl)(c2ccc(-c3ccc(Cl)cc3)cc2)C=N1. The Hall–Kier alpha value is -1.35. The Morgan fingerprint density at radius 2 is 1.35 bits per heavy atom. The molecule has 1 unspecified atom stereocenters. The summed E-state index contributed by atoms with van der Waals surface area (Å²) < 4.78 is 0. The Morgan fingerprint density at radius 1 is 0.800 bits per heavy atom. The fourth-order valence-electron chi connectivity index (χ4n) is 2.01. The molecule has 2 nitrogen and oxygen atoms in total. The Bertz CT molecular complexity index is 690. The quantitative estimate of drug-likeness (QED) is 0.544. The summed E-state index contributed by atoms with van der Waals surface area (Å²) in [6.07, 6.45) is 1.54. The van der Waals surface area contributed by atoms with Crippen molar-refractivity contribution >= 4 is 46.3 Å². The Morgan fingerprint density at radius 3 is 1.85 bits per heavy atom. The molecule has 5 heteroatoms. The number of benzene rings is 2. The molecular formula is C15H9Cl3N2. The summed E-state index contributed by atoms with van der Waals surface area (Å²) in [5, 5.41) is 0.887. The van der Waals surface area contributed by atoms with Crippen LogP contribution in [0.15, 0.2) is 58.5 Å². The van der Waals surface area contributed by atoms with Crippen molar-refractivity contribution in [2.75, 3.05) is 0 Å². The van der Waals surface area contributed by atoms with Gasteiger partial charge in [0.1, 0.15) is 0 Å². The number of aliphatic imine (C=N–C) groups is 2. The summed E-state index contributed by atoms with van der Waals surface area (Å²) in [5.74, 6) is 0. The molecule has 2 aromatic rings. The fraction of sp³-hybridized carbons (Fsp3) is 0.0667. The molecule has 0 saturated carbocycles. The van der Waals surface area contributed by atoms with Crippen LogP contribution >= 0.6 is 34.8 Å².